The number of carbonyl (C=O) groups excluding carboxylic acids is 2. The van der Waals surface area contributed by atoms with Gasteiger partial charge in [0.05, 0.1) is 24.5 Å². The number of aromatic hydroxyl groups is 1. The highest BCUT2D eigenvalue weighted by atomic mass is 16.5. The van der Waals surface area contributed by atoms with E-state index < -0.39 is 36.9 Å². The Balaban J connectivity index is 1.54. The molecule has 4 atom stereocenters. The number of aliphatic hydroxyl groups is 1. The normalized spacial score (nSPS) is 27.1. The van der Waals surface area contributed by atoms with Crippen LogP contribution in [-0.4, -0.2) is 63.3 Å². The van der Waals surface area contributed by atoms with Crippen LogP contribution < -0.4 is 0 Å². The Kier molecular flexibility index (Phi) is 6.87. The molecule has 2 heterocycles. The maximum absolute atomic E-state index is 13.3. The predicted molar refractivity (Wildman–Crippen MR) is 117 cm³/mol. The van der Waals surface area contributed by atoms with E-state index in [9.17, 15) is 29.6 Å². The van der Waals surface area contributed by atoms with Gasteiger partial charge in [-0.15, -0.1) is 0 Å². The summed E-state index contributed by atoms with van der Waals surface area (Å²) in [5.41, 5.74) is 1.78. The number of aliphatic carboxylic acids is 1. The van der Waals surface area contributed by atoms with Crippen LogP contribution in [0.2, 0.25) is 0 Å². The van der Waals surface area contributed by atoms with E-state index in [0.717, 1.165) is 5.56 Å². The van der Waals surface area contributed by atoms with Crippen LogP contribution in [0, 0.1) is 17.8 Å². The minimum Gasteiger partial charge on any atom is -0.508 e. The fraction of sp³-hybridized carbons (Fsp3) is 0.522. The maximum atomic E-state index is 13.3. The van der Waals surface area contributed by atoms with Gasteiger partial charge in [0.2, 0.25) is 11.8 Å². The van der Waals surface area contributed by atoms with Crippen LogP contribution in [0.15, 0.2) is 35.3 Å². The summed E-state index contributed by atoms with van der Waals surface area (Å²) in [5.74, 6) is -2.96. The number of benzene rings is 1. The number of unbranched alkanes of at least 4 members (excludes halogenated alkanes) is 2. The summed E-state index contributed by atoms with van der Waals surface area (Å²) in [7, 11) is -1.29. The first-order valence-corrected chi connectivity index (χ1v) is 11.3. The number of hydrogen-bond acceptors (Lipinski definition) is 7. The molecular formula is C23H28BNO8. The molecule has 33 heavy (non-hydrogen) atoms. The van der Waals surface area contributed by atoms with Crippen molar-refractivity contribution in [1.82, 2.24) is 4.90 Å². The third-order valence-corrected chi connectivity index (χ3v) is 7.03. The van der Waals surface area contributed by atoms with Gasteiger partial charge in [0.15, 0.2) is 0 Å². The maximum Gasteiger partial charge on any atom is 0.487 e. The fourth-order valence-electron chi connectivity index (χ4n) is 5.47. The molecule has 176 valence electrons. The third kappa shape index (κ3) is 4.55. The zero-order valence-electron chi connectivity index (χ0n) is 18.2. The van der Waals surface area contributed by atoms with Gasteiger partial charge in [0, 0.05) is 13.0 Å². The summed E-state index contributed by atoms with van der Waals surface area (Å²) >= 11 is 0. The van der Waals surface area contributed by atoms with Gasteiger partial charge < -0.3 is 25.0 Å². The lowest BCUT2D eigenvalue weighted by Gasteiger charge is -2.41. The SMILES string of the molecule is O=C(O)CCCCCN1C(=O)[C@H]2[C@H](CC(CO)=C3B(O)O[C@H](c4ccc(O)cc4)C[C@H]32)C1=O. The van der Waals surface area contributed by atoms with E-state index in [0.29, 0.717) is 36.7 Å². The van der Waals surface area contributed by atoms with Crippen molar-refractivity contribution < 1.29 is 39.4 Å². The summed E-state index contributed by atoms with van der Waals surface area (Å²) in [6, 6.07) is 6.44. The highest BCUT2D eigenvalue weighted by Gasteiger charge is 2.57. The lowest BCUT2D eigenvalue weighted by molar-refractivity contribution is -0.141. The van der Waals surface area contributed by atoms with E-state index in [4.69, 9.17) is 9.76 Å². The van der Waals surface area contributed by atoms with Crippen LogP contribution in [-0.2, 0) is 19.0 Å². The van der Waals surface area contributed by atoms with E-state index in [1.165, 1.54) is 17.0 Å². The first-order valence-electron chi connectivity index (χ1n) is 11.3. The van der Waals surface area contributed by atoms with E-state index in [1.807, 2.05) is 0 Å². The number of likely N-dealkylation sites (tertiary alicyclic amines) is 1. The number of amides is 2. The molecular weight excluding hydrogens is 429 g/mol. The van der Waals surface area contributed by atoms with Crippen LogP contribution in [0.1, 0.15) is 50.2 Å². The Bertz CT molecular complexity index is 962. The van der Waals surface area contributed by atoms with Crippen molar-refractivity contribution in [2.45, 2.75) is 44.6 Å². The number of rotatable bonds is 8. The molecule has 2 amide bonds. The number of imide groups is 1. The molecule has 1 aliphatic carbocycles. The average Bonchev–Trinajstić information content (AvgIpc) is 3.03. The third-order valence-electron chi connectivity index (χ3n) is 7.03. The minimum absolute atomic E-state index is 0.0545. The number of aliphatic hydroxyl groups excluding tert-OH is 1. The molecule has 4 N–H and O–H groups in total. The number of phenolic OH excluding ortho intramolecular Hbond substituents is 1. The van der Waals surface area contributed by atoms with Crippen molar-refractivity contribution in [3.8, 4) is 5.75 Å². The first-order chi connectivity index (χ1) is 15.8. The molecule has 2 saturated heterocycles. The van der Waals surface area contributed by atoms with Crippen molar-refractivity contribution in [2.75, 3.05) is 13.2 Å². The van der Waals surface area contributed by atoms with Crippen molar-refractivity contribution in [1.29, 1.82) is 0 Å². The largest absolute Gasteiger partial charge is 0.508 e. The molecule has 4 rings (SSSR count). The van der Waals surface area contributed by atoms with Gasteiger partial charge in [-0.1, -0.05) is 18.6 Å². The summed E-state index contributed by atoms with van der Waals surface area (Å²) in [5, 5.41) is 39.0. The number of allylic oxidation sites excluding steroid dienone is 1. The van der Waals surface area contributed by atoms with E-state index in [-0.39, 0.29) is 43.6 Å². The lowest BCUT2D eigenvalue weighted by Crippen LogP contribution is -2.45. The highest BCUT2D eigenvalue weighted by Crippen LogP contribution is 2.51. The quantitative estimate of drug-likeness (QED) is 0.261. The standard InChI is InChI=1S/C23H28BNO8/c26-12-14-10-17-20(23(31)25(22(17)30)9-3-1-2-4-19(28)29)16-11-18(33-24(32)21(14)16)13-5-7-15(27)8-6-13/h5-8,16-18,20,26-27,32H,1-4,9-12H2,(H,28,29)/t16-,17-,18-,20+/m0/s1. The molecule has 1 aromatic rings. The Hall–Kier alpha value is -2.69. The number of carboxylic acids is 1. The fourth-order valence-corrected chi connectivity index (χ4v) is 5.47. The van der Waals surface area contributed by atoms with Crippen molar-refractivity contribution in [3.05, 3.63) is 40.9 Å². The molecule has 10 heteroatoms. The van der Waals surface area contributed by atoms with Gasteiger partial charge in [0.1, 0.15) is 5.75 Å². The number of phenols is 1. The lowest BCUT2D eigenvalue weighted by atomic mass is 9.55. The second-order valence-corrected chi connectivity index (χ2v) is 9.00. The number of nitrogens with zero attached hydrogens (tertiary/aromatic N) is 1. The zero-order chi connectivity index (χ0) is 23.7. The van der Waals surface area contributed by atoms with E-state index >= 15 is 0 Å². The topological polar surface area (TPSA) is 145 Å². The minimum atomic E-state index is -1.29. The molecule has 2 fully saturated rings. The molecule has 0 saturated carbocycles. The second-order valence-electron chi connectivity index (χ2n) is 9.00. The summed E-state index contributed by atoms with van der Waals surface area (Å²) in [6.45, 7) is -0.0861. The van der Waals surface area contributed by atoms with Gasteiger partial charge in [-0.2, -0.15) is 0 Å². The Labute approximate surface area is 191 Å². The van der Waals surface area contributed by atoms with Crippen LogP contribution in [0.3, 0.4) is 0 Å². The van der Waals surface area contributed by atoms with Gasteiger partial charge in [-0.05, 0) is 60.3 Å². The summed E-state index contributed by atoms with van der Waals surface area (Å²) in [6.07, 6.45) is 1.72. The summed E-state index contributed by atoms with van der Waals surface area (Å²) < 4.78 is 5.81. The molecule has 0 aromatic heterocycles. The monoisotopic (exact) mass is 457 g/mol. The number of carbonyl (C=O) groups is 3. The predicted octanol–water partition coefficient (Wildman–Crippen LogP) is 1.43. The van der Waals surface area contributed by atoms with E-state index in [2.05, 4.69) is 0 Å². The van der Waals surface area contributed by atoms with Gasteiger partial charge in [-0.25, -0.2) is 0 Å². The molecule has 1 aromatic carbocycles. The summed E-state index contributed by atoms with van der Waals surface area (Å²) in [4.78, 5) is 38.4. The Morgan fingerprint density at radius 3 is 2.48 bits per heavy atom. The average molecular weight is 457 g/mol. The number of hydrogen-bond donors (Lipinski definition) is 4. The first kappa shape index (κ1) is 23.5. The molecule has 0 unspecified atom stereocenters. The molecule has 3 aliphatic rings. The Morgan fingerprint density at radius 2 is 1.82 bits per heavy atom. The smallest absolute Gasteiger partial charge is 0.487 e. The van der Waals surface area contributed by atoms with Gasteiger partial charge >= 0.3 is 13.1 Å². The van der Waals surface area contributed by atoms with Crippen LogP contribution in [0.4, 0.5) is 0 Å². The van der Waals surface area contributed by atoms with Gasteiger partial charge in [0.25, 0.3) is 0 Å². The van der Waals surface area contributed by atoms with Crippen molar-refractivity contribution in [2.24, 2.45) is 17.8 Å². The van der Waals surface area contributed by atoms with Gasteiger partial charge in [-0.3, -0.25) is 19.3 Å². The zero-order valence-corrected chi connectivity index (χ0v) is 18.2. The molecule has 0 spiro atoms. The molecule has 9 nitrogen and oxygen atoms in total. The highest BCUT2D eigenvalue weighted by molar-refractivity contribution is 6.53. The number of carboxylic acid groups (broad SMARTS) is 1. The van der Waals surface area contributed by atoms with Crippen LogP contribution in [0.25, 0.3) is 0 Å². The molecule has 2 aliphatic heterocycles. The van der Waals surface area contributed by atoms with Crippen molar-refractivity contribution >= 4 is 24.9 Å². The van der Waals surface area contributed by atoms with Crippen LogP contribution >= 0.6 is 0 Å². The van der Waals surface area contributed by atoms with Crippen LogP contribution in [0.5, 0.6) is 5.75 Å². The van der Waals surface area contributed by atoms with E-state index in [1.54, 1.807) is 12.1 Å². The Morgan fingerprint density at radius 1 is 1.09 bits per heavy atom. The molecule has 0 bridgehead atoms. The second kappa shape index (κ2) is 9.66. The number of fused-ring (bicyclic) bond motifs is 3. The van der Waals surface area contributed by atoms with Crippen molar-refractivity contribution in [3.63, 3.8) is 0 Å². The molecule has 0 radical (unpaired) electrons.